The molecular weight excluding hydrogens is 432 g/mol. The molecule has 0 fully saturated rings. The van der Waals surface area contributed by atoms with E-state index in [1.807, 2.05) is 7.05 Å². The van der Waals surface area contributed by atoms with Crippen molar-refractivity contribution in [3.63, 3.8) is 0 Å². The van der Waals surface area contributed by atoms with Crippen LogP contribution in [0.5, 0.6) is 0 Å². The van der Waals surface area contributed by atoms with E-state index in [4.69, 9.17) is 0 Å². The first kappa shape index (κ1) is 22.9. The van der Waals surface area contributed by atoms with Gasteiger partial charge in [-0.3, -0.25) is 24.4 Å². The van der Waals surface area contributed by atoms with E-state index in [1.165, 1.54) is 6.08 Å². The minimum atomic E-state index is -0.338. The van der Waals surface area contributed by atoms with Crippen molar-refractivity contribution in [1.29, 1.82) is 0 Å². The molecule has 0 radical (unpaired) electrons. The molecule has 1 aliphatic rings. The minimum absolute atomic E-state index is 0.190. The van der Waals surface area contributed by atoms with Crippen LogP contribution in [-0.4, -0.2) is 39.9 Å². The van der Waals surface area contributed by atoms with Gasteiger partial charge in [0.25, 0.3) is 11.8 Å². The number of carbonyl (C=O) groups excluding carboxylic acids is 3. The molecule has 3 amide bonds. The normalized spacial score (nSPS) is 14.2. The van der Waals surface area contributed by atoms with Crippen LogP contribution < -0.4 is 16.0 Å². The summed E-state index contributed by atoms with van der Waals surface area (Å²) in [5.74, 6) is -0.479. The highest BCUT2D eigenvalue weighted by molar-refractivity contribution is 6.07. The van der Waals surface area contributed by atoms with Crippen LogP contribution in [0.2, 0.25) is 0 Å². The van der Waals surface area contributed by atoms with E-state index in [1.54, 1.807) is 48.5 Å². The van der Waals surface area contributed by atoms with Crippen molar-refractivity contribution in [2.45, 2.75) is 25.9 Å². The molecule has 4 rings (SSSR count). The van der Waals surface area contributed by atoms with Crippen molar-refractivity contribution in [1.82, 2.24) is 15.1 Å². The summed E-state index contributed by atoms with van der Waals surface area (Å²) in [6, 6.07) is 13.1. The fraction of sp³-hybridized carbons (Fsp3) is 0.200. The largest absolute Gasteiger partial charge is 0.323 e. The second-order valence-corrected chi connectivity index (χ2v) is 8.60. The van der Waals surface area contributed by atoms with Crippen molar-refractivity contribution >= 4 is 34.9 Å². The Hall–Kier alpha value is -4.24. The van der Waals surface area contributed by atoms with E-state index in [9.17, 15) is 14.4 Å². The number of aromatic amines is 1. The van der Waals surface area contributed by atoms with Gasteiger partial charge in [-0.1, -0.05) is 12.6 Å². The first-order chi connectivity index (χ1) is 16.2. The molecule has 1 aliphatic heterocycles. The number of benzene rings is 2. The predicted molar refractivity (Wildman–Crippen MR) is 131 cm³/mol. The van der Waals surface area contributed by atoms with Crippen molar-refractivity contribution < 1.29 is 14.4 Å². The second-order valence-electron chi connectivity index (χ2n) is 8.60. The van der Waals surface area contributed by atoms with Crippen LogP contribution in [0.25, 0.3) is 0 Å². The highest BCUT2D eigenvalue weighted by Gasteiger charge is 2.39. The van der Waals surface area contributed by atoms with E-state index >= 15 is 0 Å². The fourth-order valence-corrected chi connectivity index (χ4v) is 3.77. The Morgan fingerprint density at radius 2 is 1.71 bits per heavy atom. The van der Waals surface area contributed by atoms with E-state index < -0.39 is 0 Å². The number of rotatable bonds is 6. The van der Waals surface area contributed by atoms with Crippen LogP contribution in [0.4, 0.5) is 17.2 Å². The zero-order valence-electron chi connectivity index (χ0n) is 19.2. The zero-order valence-corrected chi connectivity index (χ0v) is 19.2. The molecule has 9 heteroatoms. The summed E-state index contributed by atoms with van der Waals surface area (Å²) >= 11 is 0. The maximum atomic E-state index is 12.9. The summed E-state index contributed by atoms with van der Waals surface area (Å²) in [7, 11) is 2.02. The number of aromatic nitrogens is 2. The van der Waals surface area contributed by atoms with Gasteiger partial charge in [0.05, 0.1) is 11.2 Å². The van der Waals surface area contributed by atoms with E-state index in [0.717, 1.165) is 11.3 Å². The van der Waals surface area contributed by atoms with Crippen LogP contribution in [0.15, 0.2) is 61.2 Å². The van der Waals surface area contributed by atoms with E-state index in [2.05, 4.69) is 51.5 Å². The van der Waals surface area contributed by atoms with Crippen molar-refractivity contribution in [2.24, 2.45) is 0 Å². The maximum absolute atomic E-state index is 12.9. The van der Waals surface area contributed by atoms with Gasteiger partial charge in [0.15, 0.2) is 5.82 Å². The lowest BCUT2D eigenvalue weighted by Crippen LogP contribution is -2.32. The molecular formula is C25H26N6O3. The van der Waals surface area contributed by atoms with E-state index in [-0.39, 0.29) is 23.3 Å². The molecule has 4 N–H and O–H groups in total. The molecule has 34 heavy (non-hydrogen) atoms. The topological polar surface area (TPSA) is 119 Å². The van der Waals surface area contributed by atoms with Gasteiger partial charge in [0.2, 0.25) is 5.91 Å². The molecule has 0 unspecified atom stereocenters. The predicted octanol–water partition coefficient (Wildman–Crippen LogP) is 3.72. The summed E-state index contributed by atoms with van der Waals surface area (Å²) in [6.45, 7) is 8.28. The molecule has 174 valence electrons. The number of H-pyrrole nitrogens is 1. The monoisotopic (exact) mass is 458 g/mol. The Labute approximate surface area is 197 Å². The summed E-state index contributed by atoms with van der Waals surface area (Å²) in [6.07, 6.45) is 1.17. The molecule has 0 bridgehead atoms. The van der Waals surface area contributed by atoms with Crippen LogP contribution >= 0.6 is 0 Å². The molecule has 0 atom stereocenters. The zero-order chi connectivity index (χ0) is 24.5. The highest BCUT2D eigenvalue weighted by atomic mass is 16.2. The van der Waals surface area contributed by atoms with Gasteiger partial charge in [-0.05, 0) is 69.4 Å². The second kappa shape index (κ2) is 8.95. The van der Waals surface area contributed by atoms with Crippen LogP contribution in [0.3, 0.4) is 0 Å². The third kappa shape index (κ3) is 4.46. The van der Waals surface area contributed by atoms with Crippen molar-refractivity contribution in [3.05, 3.63) is 83.6 Å². The number of nitrogens with zero attached hydrogens (tertiary/aromatic N) is 2. The smallest absolute Gasteiger partial charge is 0.256 e. The summed E-state index contributed by atoms with van der Waals surface area (Å²) in [5.41, 5.74) is 3.60. The third-order valence-electron chi connectivity index (χ3n) is 6.04. The molecule has 0 aliphatic carbocycles. The Morgan fingerprint density at radius 3 is 2.41 bits per heavy atom. The lowest BCUT2D eigenvalue weighted by Gasteiger charge is -2.27. The van der Waals surface area contributed by atoms with Gasteiger partial charge in [-0.15, -0.1) is 0 Å². The van der Waals surface area contributed by atoms with Crippen LogP contribution in [0, 0.1) is 0 Å². The standard InChI is InChI=1S/C25H26N6O3/c1-5-20(32)26-17-11-9-15(10-12-17)23(33)27-18-8-6-7-16(13-18)24(34)28-22-19-14-31(4)25(2,3)21(19)29-30-22/h5-13H,1,14H2,2-4H3,(H,26,32)(H,27,33)(H2,28,29,30,34). The van der Waals surface area contributed by atoms with Crippen LogP contribution in [0.1, 0.15) is 45.8 Å². The number of nitrogens with one attached hydrogen (secondary N) is 4. The average molecular weight is 459 g/mol. The van der Waals surface area contributed by atoms with Gasteiger partial charge < -0.3 is 16.0 Å². The third-order valence-corrected chi connectivity index (χ3v) is 6.04. The summed E-state index contributed by atoms with van der Waals surface area (Å²) in [5, 5.41) is 15.6. The first-order valence-corrected chi connectivity index (χ1v) is 10.7. The molecule has 1 aromatic heterocycles. The average Bonchev–Trinajstić information content (AvgIpc) is 3.31. The number of hydrogen-bond acceptors (Lipinski definition) is 5. The molecule has 2 aromatic carbocycles. The van der Waals surface area contributed by atoms with Crippen molar-refractivity contribution in [2.75, 3.05) is 23.0 Å². The number of fused-ring (bicyclic) bond motifs is 1. The van der Waals surface area contributed by atoms with Gasteiger partial charge in [-0.25, -0.2) is 0 Å². The number of hydrogen-bond donors (Lipinski definition) is 4. The maximum Gasteiger partial charge on any atom is 0.256 e. The number of anilines is 3. The summed E-state index contributed by atoms with van der Waals surface area (Å²) < 4.78 is 0. The number of carbonyl (C=O) groups is 3. The molecule has 3 aromatic rings. The molecule has 0 spiro atoms. The number of amides is 3. The quantitative estimate of drug-likeness (QED) is 0.420. The molecule has 2 heterocycles. The lowest BCUT2D eigenvalue weighted by molar-refractivity contribution is -0.111. The van der Waals surface area contributed by atoms with Gasteiger partial charge in [-0.2, -0.15) is 5.10 Å². The molecule has 0 saturated heterocycles. The minimum Gasteiger partial charge on any atom is -0.323 e. The van der Waals surface area contributed by atoms with Crippen LogP contribution in [-0.2, 0) is 16.9 Å². The Kier molecular flexibility index (Phi) is 6.04. The van der Waals surface area contributed by atoms with Gasteiger partial charge >= 0.3 is 0 Å². The van der Waals surface area contributed by atoms with Gasteiger partial charge in [0.1, 0.15) is 0 Å². The molecule has 9 nitrogen and oxygen atoms in total. The lowest BCUT2D eigenvalue weighted by atomic mass is 10.0. The Bertz CT molecular complexity index is 1280. The fourth-order valence-electron chi connectivity index (χ4n) is 3.77. The Balaban J connectivity index is 1.43. The van der Waals surface area contributed by atoms with Crippen molar-refractivity contribution in [3.8, 4) is 0 Å². The first-order valence-electron chi connectivity index (χ1n) is 10.7. The SMILES string of the molecule is C=CC(=O)Nc1ccc(C(=O)Nc2cccc(C(=O)Nc3n[nH]c4c3CN(C)C4(C)C)c2)cc1. The summed E-state index contributed by atoms with van der Waals surface area (Å²) in [4.78, 5) is 39.1. The van der Waals surface area contributed by atoms with Gasteiger partial charge in [0, 0.05) is 34.6 Å². The molecule has 0 saturated carbocycles. The van der Waals surface area contributed by atoms with E-state index in [0.29, 0.717) is 34.9 Å². The highest BCUT2D eigenvalue weighted by Crippen LogP contribution is 2.39. The Morgan fingerprint density at radius 1 is 1.00 bits per heavy atom.